The molecule has 0 aliphatic carbocycles. The van der Waals surface area contributed by atoms with Crippen LogP contribution in [-0.4, -0.2) is 68.1 Å². The predicted molar refractivity (Wildman–Crippen MR) is 36.0 cm³/mol. The van der Waals surface area contributed by atoms with Gasteiger partial charge in [0.25, 0.3) is 0 Å². The van der Waals surface area contributed by atoms with Gasteiger partial charge < -0.3 is 0 Å². The molecule has 0 saturated carbocycles. The summed E-state index contributed by atoms with van der Waals surface area (Å²) < 4.78 is 108. The molecule has 1 N–H and O–H groups in total. The van der Waals surface area contributed by atoms with Crippen molar-refractivity contribution in [3.63, 3.8) is 0 Å². The van der Waals surface area contributed by atoms with Crippen LogP contribution in [0.5, 0.6) is 0 Å². The van der Waals surface area contributed by atoms with Crippen LogP contribution in [0.2, 0.25) is 0 Å². The third kappa shape index (κ3) is 3.08. The number of rotatable bonds is 2. The first kappa shape index (κ1) is 18.1. The molecule has 15 heavy (non-hydrogen) atoms. The fraction of sp³-hybridized carbons (Fsp3) is 1.00. The molecule has 3 nitrogen and oxygen atoms in total. The van der Waals surface area contributed by atoms with E-state index < -0.39 is 27.5 Å². The van der Waals surface area contributed by atoms with E-state index in [1.807, 2.05) is 0 Å². The van der Waals surface area contributed by atoms with E-state index in [9.17, 15) is 39.2 Å². The molecule has 0 rings (SSSR count). The van der Waals surface area contributed by atoms with Crippen LogP contribution in [0.4, 0.5) is 30.7 Å². The quantitative estimate of drug-likeness (QED) is 0.464. The average Bonchev–Trinajstić information content (AvgIpc) is 1.81. The van der Waals surface area contributed by atoms with Crippen molar-refractivity contribution in [1.29, 1.82) is 0 Å². The zero-order valence-electron chi connectivity index (χ0n) is 5.82. The van der Waals surface area contributed by atoms with Gasteiger partial charge in [0.15, 0.2) is 0 Å². The molecule has 0 spiro atoms. The third-order valence-corrected chi connectivity index (χ3v) is 1.95. The Hall–Kier alpha value is 0.680. The molecule has 0 saturated heterocycles. The van der Waals surface area contributed by atoms with Crippen LogP contribution in [0.1, 0.15) is 0 Å². The van der Waals surface area contributed by atoms with Gasteiger partial charge in [-0.3, -0.25) is 4.55 Å². The molecular weight excluding hydrogens is 289 g/mol. The predicted octanol–water partition coefficient (Wildman–Crippen LogP) is 0.748. The Balaban J connectivity index is 0. The van der Waals surface area contributed by atoms with Gasteiger partial charge in [-0.1, -0.05) is 0 Å². The van der Waals surface area contributed by atoms with E-state index in [1.54, 1.807) is 0 Å². The van der Waals surface area contributed by atoms with Crippen molar-refractivity contribution in [3.8, 4) is 0 Å². The van der Waals surface area contributed by atoms with Crippen LogP contribution in [0.25, 0.3) is 0 Å². The summed E-state index contributed by atoms with van der Waals surface area (Å²) >= 11 is 0. The van der Waals surface area contributed by atoms with Crippen LogP contribution >= 0.6 is 0 Å². The molecule has 0 heterocycles. The fourth-order valence-corrected chi connectivity index (χ4v) is 0.767. The van der Waals surface area contributed by atoms with E-state index in [2.05, 4.69) is 0 Å². The monoisotopic (exact) mass is 292 g/mol. The van der Waals surface area contributed by atoms with Crippen molar-refractivity contribution in [2.24, 2.45) is 0 Å². The molecule has 0 bridgehead atoms. The van der Waals surface area contributed by atoms with Crippen LogP contribution in [0.15, 0.2) is 0 Å². The molecule has 90 valence electrons. The Bertz CT molecular complexity index is 319. The second kappa shape index (κ2) is 4.51. The zero-order chi connectivity index (χ0) is 12.0. The van der Waals surface area contributed by atoms with Crippen molar-refractivity contribution in [3.05, 3.63) is 0 Å². The van der Waals surface area contributed by atoms with Gasteiger partial charge in [-0.25, -0.2) is 0 Å². The van der Waals surface area contributed by atoms with Crippen molar-refractivity contribution in [2.75, 3.05) is 0 Å². The topological polar surface area (TPSA) is 54.4 Å². The summed E-state index contributed by atoms with van der Waals surface area (Å²) in [6.07, 6.45) is -6.79. The van der Waals surface area contributed by atoms with Crippen LogP contribution in [0.3, 0.4) is 0 Å². The molecule has 0 unspecified atom stereocenters. The Kier molecular flexibility index (Phi) is 5.43. The molecule has 0 aliphatic heterocycles. The summed E-state index contributed by atoms with van der Waals surface area (Å²) in [4.78, 5) is 0. The van der Waals surface area contributed by atoms with Gasteiger partial charge in [-0.2, -0.15) is 39.2 Å². The molecule has 0 aliphatic rings. The van der Waals surface area contributed by atoms with Gasteiger partial charge in [-0.05, 0) is 0 Å². The maximum absolute atomic E-state index is 11.9. The molecular formula is C3H3CaF7O3S. The molecule has 0 amide bonds. The van der Waals surface area contributed by atoms with Crippen molar-refractivity contribution in [2.45, 2.75) is 17.4 Å². The van der Waals surface area contributed by atoms with Gasteiger partial charge in [0.05, 0.1) is 0 Å². The summed E-state index contributed by atoms with van der Waals surface area (Å²) in [5.74, 6) is -6.85. The van der Waals surface area contributed by atoms with Gasteiger partial charge in [0, 0.05) is 0 Å². The van der Waals surface area contributed by atoms with E-state index in [0.717, 1.165) is 0 Å². The zero-order valence-corrected chi connectivity index (χ0v) is 6.63. The maximum atomic E-state index is 11.9. The van der Waals surface area contributed by atoms with Crippen molar-refractivity contribution < 1.29 is 43.7 Å². The number of hydrogen-bond donors (Lipinski definition) is 1. The van der Waals surface area contributed by atoms with Gasteiger partial charge >= 0.3 is 65.2 Å². The molecule has 0 fully saturated rings. The summed E-state index contributed by atoms with van der Waals surface area (Å²) in [6.45, 7) is 0. The summed E-state index contributed by atoms with van der Waals surface area (Å²) in [5.41, 5.74) is 0. The van der Waals surface area contributed by atoms with Gasteiger partial charge in [0.2, 0.25) is 0 Å². The second-order valence-electron chi connectivity index (χ2n) is 2.06. The van der Waals surface area contributed by atoms with Gasteiger partial charge in [0.1, 0.15) is 0 Å². The standard InChI is InChI=1S/C3HF7O3S.Ca.2H/c4-1(5,2(6,7)8)3(9,10)14(11,12)13;;;/h(H,11,12,13);;;. The first-order valence-electron chi connectivity index (χ1n) is 2.54. The Labute approximate surface area is 108 Å². The molecule has 0 aromatic heterocycles. The Morgan fingerprint density at radius 2 is 1.13 bits per heavy atom. The number of hydrogen-bond acceptors (Lipinski definition) is 2. The molecule has 0 atom stereocenters. The van der Waals surface area contributed by atoms with Crippen molar-refractivity contribution in [1.82, 2.24) is 0 Å². The summed E-state index contributed by atoms with van der Waals surface area (Å²) in [5, 5.41) is -6.61. The Morgan fingerprint density at radius 3 is 1.20 bits per heavy atom. The minimum absolute atomic E-state index is 0. The van der Waals surface area contributed by atoms with E-state index in [-0.39, 0.29) is 37.7 Å². The molecule has 0 radical (unpaired) electrons. The average molecular weight is 292 g/mol. The Morgan fingerprint density at radius 1 is 0.867 bits per heavy atom. The van der Waals surface area contributed by atoms with E-state index in [4.69, 9.17) is 4.55 Å². The van der Waals surface area contributed by atoms with Crippen molar-refractivity contribution >= 4 is 47.9 Å². The van der Waals surface area contributed by atoms with Gasteiger partial charge in [-0.15, -0.1) is 0 Å². The molecule has 0 aromatic carbocycles. The summed E-state index contributed by atoms with van der Waals surface area (Å²) in [7, 11) is -6.85. The van der Waals surface area contributed by atoms with Crippen LogP contribution in [-0.2, 0) is 10.1 Å². The number of alkyl halides is 7. The SMILES string of the molecule is O=S(=O)(O)C(F)(F)C(F)(F)C(F)(F)F.[CaH2]. The first-order chi connectivity index (χ1) is 5.75. The van der Waals surface area contributed by atoms with Crippen LogP contribution < -0.4 is 0 Å². The first-order valence-corrected chi connectivity index (χ1v) is 3.98. The van der Waals surface area contributed by atoms with E-state index in [1.165, 1.54) is 0 Å². The number of halogens is 7. The second-order valence-corrected chi connectivity index (χ2v) is 3.53. The van der Waals surface area contributed by atoms with Crippen LogP contribution in [0, 0.1) is 0 Å². The molecule has 0 aromatic rings. The normalized spacial score (nSPS) is 14.7. The van der Waals surface area contributed by atoms with E-state index >= 15 is 0 Å². The summed E-state index contributed by atoms with van der Waals surface area (Å²) in [6, 6.07) is 0. The third-order valence-electron chi connectivity index (χ3n) is 1.05. The van der Waals surface area contributed by atoms with E-state index in [0.29, 0.717) is 0 Å². The molecule has 12 heteroatoms. The minimum atomic E-state index is -6.85. The fourth-order valence-electron chi connectivity index (χ4n) is 0.327.